The van der Waals surface area contributed by atoms with Crippen LogP contribution in [0.15, 0.2) is 16.2 Å². The molecule has 0 bridgehead atoms. The minimum atomic E-state index is 0.224. The molecule has 2 heterocycles. The molecule has 0 saturated carbocycles. The zero-order valence-electron chi connectivity index (χ0n) is 13.4. The van der Waals surface area contributed by atoms with Crippen molar-refractivity contribution in [1.82, 2.24) is 15.0 Å². The number of piperidine rings is 1. The van der Waals surface area contributed by atoms with Crippen molar-refractivity contribution >= 4 is 5.91 Å². The summed E-state index contributed by atoms with van der Waals surface area (Å²) in [6.45, 7) is 3.60. The molecule has 1 aliphatic carbocycles. The molecule has 1 aromatic rings. The number of likely N-dealkylation sites (tertiary alicyclic amines) is 1. The van der Waals surface area contributed by atoms with Crippen LogP contribution in [0.1, 0.15) is 69.5 Å². The van der Waals surface area contributed by atoms with Crippen molar-refractivity contribution < 1.29 is 9.32 Å². The van der Waals surface area contributed by atoms with Gasteiger partial charge in [0.05, 0.1) is 0 Å². The van der Waals surface area contributed by atoms with E-state index in [-0.39, 0.29) is 11.8 Å². The Morgan fingerprint density at radius 1 is 1.41 bits per heavy atom. The Morgan fingerprint density at radius 2 is 2.32 bits per heavy atom. The van der Waals surface area contributed by atoms with Gasteiger partial charge in [0.2, 0.25) is 11.8 Å². The van der Waals surface area contributed by atoms with E-state index in [4.69, 9.17) is 4.52 Å². The van der Waals surface area contributed by atoms with Crippen molar-refractivity contribution in [2.45, 2.75) is 64.2 Å². The van der Waals surface area contributed by atoms with Crippen LogP contribution in [0.25, 0.3) is 0 Å². The van der Waals surface area contributed by atoms with Crippen LogP contribution >= 0.6 is 0 Å². The minimum Gasteiger partial charge on any atom is -0.342 e. The van der Waals surface area contributed by atoms with Gasteiger partial charge in [-0.3, -0.25) is 4.79 Å². The lowest BCUT2D eigenvalue weighted by atomic mass is 9.94. The fourth-order valence-electron chi connectivity index (χ4n) is 3.36. The van der Waals surface area contributed by atoms with E-state index in [1.54, 1.807) is 0 Å². The first-order valence-corrected chi connectivity index (χ1v) is 8.54. The standard InChI is InChI=1S/C17H25N3O2/c1-2-15-18-17(19-22-15)14-9-6-10-20(12-14)16(21)11-13-7-4-3-5-8-13/h7,14H,2-6,8-12H2,1H3/t14-/m0/s1. The molecule has 0 aromatic carbocycles. The van der Waals surface area contributed by atoms with Gasteiger partial charge >= 0.3 is 0 Å². The summed E-state index contributed by atoms with van der Waals surface area (Å²) in [5.41, 5.74) is 1.33. The molecular formula is C17H25N3O2. The SMILES string of the molecule is CCc1nc([C@H]2CCCN(C(=O)CC3=CCCCC3)C2)no1. The second-order valence-corrected chi connectivity index (χ2v) is 6.36. The van der Waals surface area contributed by atoms with Gasteiger partial charge in [-0.15, -0.1) is 0 Å². The third kappa shape index (κ3) is 3.57. The third-order valence-corrected chi connectivity index (χ3v) is 4.69. The summed E-state index contributed by atoms with van der Waals surface area (Å²) < 4.78 is 5.21. The molecule has 1 fully saturated rings. The molecule has 0 unspecified atom stereocenters. The second-order valence-electron chi connectivity index (χ2n) is 6.36. The lowest BCUT2D eigenvalue weighted by Gasteiger charge is -2.31. The largest absolute Gasteiger partial charge is 0.342 e. The average molecular weight is 303 g/mol. The van der Waals surface area contributed by atoms with Gasteiger partial charge in [0.25, 0.3) is 0 Å². The van der Waals surface area contributed by atoms with E-state index >= 15 is 0 Å². The summed E-state index contributed by atoms with van der Waals surface area (Å²) >= 11 is 0. The highest BCUT2D eigenvalue weighted by Crippen LogP contribution is 2.27. The van der Waals surface area contributed by atoms with Gasteiger partial charge in [0, 0.05) is 31.8 Å². The molecule has 120 valence electrons. The molecule has 1 saturated heterocycles. The molecule has 1 aliphatic heterocycles. The summed E-state index contributed by atoms with van der Waals surface area (Å²) in [6.07, 6.45) is 10.4. The molecule has 2 aliphatic rings. The van der Waals surface area contributed by atoms with Gasteiger partial charge < -0.3 is 9.42 Å². The van der Waals surface area contributed by atoms with E-state index in [0.29, 0.717) is 12.3 Å². The zero-order valence-corrected chi connectivity index (χ0v) is 13.4. The van der Waals surface area contributed by atoms with Gasteiger partial charge in [-0.1, -0.05) is 23.7 Å². The molecule has 1 atom stereocenters. The highest BCUT2D eigenvalue weighted by atomic mass is 16.5. The Balaban J connectivity index is 1.59. The number of nitrogens with zero attached hydrogens (tertiary/aromatic N) is 3. The maximum atomic E-state index is 12.5. The van der Waals surface area contributed by atoms with Crippen LogP contribution in [0.3, 0.4) is 0 Å². The highest BCUT2D eigenvalue weighted by Gasteiger charge is 2.28. The first-order chi connectivity index (χ1) is 10.8. The molecule has 1 aromatic heterocycles. The van der Waals surface area contributed by atoms with E-state index < -0.39 is 0 Å². The fraction of sp³-hybridized carbons (Fsp3) is 0.706. The lowest BCUT2D eigenvalue weighted by molar-refractivity contribution is -0.131. The number of carbonyl (C=O) groups excluding carboxylic acids is 1. The molecule has 5 heteroatoms. The number of rotatable bonds is 4. The van der Waals surface area contributed by atoms with Gasteiger partial charge in [-0.05, 0) is 38.5 Å². The number of amides is 1. The van der Waals surface area contributed by atoms with Crippen LogP contribution in [0, 0.1) is 0 Å². The number of aromatic nitrogens is 2. The monoisotopic (exact) mass is 303 g/mol. The van der Waals surface area contributed by atoms with E-state index in [0.717, 1.165) is 51.0 Å². The van der Waals surface area contributed by atoms with Gasteiger partial charge in [0.15, 0.2) is 5.82 Å². The molecule has 22 heavy (non-hydrogen) atoms. The summed E-state index contributed by atoms with van der Waals surface area (Å²) in [7, 11) is 0. The molecule has 5 nitrogen and oxygen atoms in total. The van der Waals surface area contributed by atoms with Crippen LogP contribution in [0.5, 0.6) is 0 Å². The maximum absolute atomic E-state index is 12.5. The Morgan fingerprint density at radius 3 is 3.05 bits per heavy atom. The van der Waals surface area contributed by atoms with Gasteiger partial charge in [-0.2, -0.15) is 4.98 Å². The number of aryl methyl sites for hydroxylation is 1. The predicted octanol–water partition coefficient (Wildman–Crippen LogP) is 3.23. The topological polar surface area (TPSA) is 59.2 Å². The number of allylic oxidation sites excluding steroid dienone is 1. The Kier molecular flexibility index (Phi) is 4.90. The van der Waals surface area contributed by atoms with Crippen molar-refractivity contribution in [2.24, 2.45) is 0 Å². The van der Waals surface area contributed by atoms with Crippen LogP contribution < -0.4 is 0 Å². The molecule has 0 spiro atoms. The van der Waals surface area contributed by atoms with E-state index in [1.165, 1.54) is 18.4 Å². The predicted molar refractivity (Wildman–Crippen MR) is 83.4 cm³/mol. The minimum absolute atomic E-state index is 0.224. The van der Waals surface area contributed by atoms with Crippen LogP contribution in [-0.2, 0) is 11.2 Å². The summed E-state index contributed by atoms with van der Waals surface area (Å²) in [5.74, 6) is 1.94. The van der Waals surface area contributed by atoms with Crippen LogP contribution in [0.2, 0.25) is 0 Å². The first-order valence-electron chi connectivity index (χ1n) is 8.54. The van der Waals surface area contributed by atoms with Crippen molar-refractivity contribution in [3.8, 4) is 0 Å². The quantitative estimate of drug-likeness (QED) is 0.801. The van der Waals surface area contributed by atoms with E-state index in [1.807, 2.05) is 11.8 Å². The van der Waals surface area contributed by atoms with E-state index in [9.17, 15) is 4.79 Å². The highest BCUT2D eigenvalue weighted by molar-refractivity contribution is 5.79. The van der Waals surface area contributed by atoms with Crippen molar-refractivity contribution in [1.29, 1.82) is 0 Å². The van der Waals surface area contributed by atoms with E-state index in [2.05, 4.69) is 16.2 Å². The number of carbonyl (C=O) groups is 1. The summed E-state index contributed by atoms with van der Waals surface area (Å²) in [5, 5.41) is 4.08. The normalized spacial score (nSPS) is 22.5. The van der Waals surface area contributed by atoms with Gasteiger partial charge in [-0.25, -0.2) is 0 Å². The molecule has 1 amide bonds. The van der Waals surface area contributed by atoms with Crippen LogP contribution in [0.4, 0.5) is 0 Å². The average Bonchev–Trinajstić information content (AvgIpc) is 3.05. The Labute approximate surface area is 131 Å². The Bertz CT molecular complexity index is 550. The first kappa shape index (κ1) is 15.3. The zero-order chi connectivity index (χ0) is 15.4. The molecular weight excluding hydrogens is 278 g/mol. The molecule has 0 N–H and O–H groups in total. The van der Waals surface area contributed by atoms with Gasteiger partial charge in [0.1, 0.15) is 0 Å². The fourth-order valence-corrected chi connectivity index (χ4v) is 3.36. The Hall–Kier alpha value is -1.65. The molecule has 3 rings (SSSR count). The van der Waals surface area contributed by atoms with Crippen molar-refractivity contribution in [2.75, 3.05) is 13.1 Å². The van der Waals surface area contributed by atoms with Crippen molar-refractivity contribution in [3.63, 3.8) is 0 Å². The lowest BCUT2D eigenvalue weighted by Crippen LogP contribution is -2.39. The van der Waals surface area contributed by atoms with Crippen LogP contribution in [-0.4, -0.2) is 34.0 Å². The van der Waals surface area contributed by atoms with Crippen molar-refractivity contribution in [3.05, 3.63) is 23.4 Å². The molecule has 0 radical (unpaired) electrons. The summed E-state index contributed by atoms with van der Waals surface area (Å²) in [4.78, 5) is 19.0. The third-order valence-electron chi connectivity index (χ3n) is 4.69. The maximum Gasteiger partial charge on any atom is 0.226 e. The second kappa shape index (κ2) is 7.07. The number of hydrogen-bond acceptors (Lipinski definition) is 4. The number of hydrogen-bond donors (Lipinski definition) is 0. The summed E-state index contributed by atoms with van der Waals surface area (Å²) in [6, 6.07) is 0. The smallest absolute Gasteiger partial charge is 0.226 e.